The van der Waals surface area contributed by atoms with Crippen LogP contribution >= 0.6 is 0 Å². The van der Waals surface area contributed by atoms with Crippen LogP contribution in [-0.4, -0.2) is 28.5 Å². The van der Waals surface area contributed by atoms with Crippen molar-refractivity contribution < 1.29 is 4.79 Å². The summed E-state index contributed by atoms with van der Waals surface area (Å²) in [4.78, 5) is 16.4. The summed E-state index contributed by atoms with van der Waals surface area (Å²) in [5, 5.41) is 6.30. The lowest BCUT2D eigenvalue weighted by Gasteiger charge is -2.16. The molecule has 2 heterocycles. The third-order valence-electron chi connectivity index (χ3n) is 3.80. The van der Waals surface area contributed by atoms with E-state index in [9.17, 15) is 4.79 Å². The molecule has 0 bridgehead atoms. The van der Waals surface area contributed by atoms with Crippen LogP contribution in [-0.2, 0) is 4.79 Å². The number of anilines is 1. The number of carbonyl (C=O) groups excluding carboxylic acids is 1. The summed E-state index contributed by atoms with van der Waals surface area (Å²) in [6, 6.07) is 7.75. The van der Waals surface area contributed by atoms with Crippen molar-refractivity contribution in [2.45, 2.75) is 6.92 Å². The third kappa shape index (κ3) is 2.44. The van der Waals surface area contributed by atoms with Gasteiger partial charge in [-0.25, -0.2) is 4.98 Å². The molecule has 1 aromatic heterocycles. The zero-order valence-electron chi connectivity index (χ0n) is 11.4. The maximum Gasteiger partial charge on any atom is 0.229 e. The number of hydrogen-bond acceptors (Lipinski definition) is 3. The van der Waals surface area contributed by atoms with Crippen molar-refractivity contribution in [3.63, 3.8) is 0 Å². The van der Waals surface area contributed by atoms with Gasteiger partial charge in [0.1, 0.15) is 0 Å². The Hall–Kier alpha value is -2.14. The molecule has 0 aliphatic carbocycles. The molecule has 0 spiro atoms. The van der Waals surface area contributed by atoms with Crippen LogP contribution in [0.1, 0.15) is 6.92 Å². The minimum Gasteiger partial charge on any atom is -0.324 e. The first-order valence-electron chi connectivity index (χ1n) is 6.84. The maximum absolute atomic E-state index is 12.4. The fourth-order valence-corrected chi connectivity index (χ4v) is 2.59. The topological polar surface area (TPSA) is 59.0 Å². The van der Waals surface area contributed by atoms with Crippen molar-refractivity contribution in [2.75, 3.05) is 18.4 Å². The molecule has 1 aliphatic rings. The average Bonchev–Trinajstić information content (AvgIpc) is 3.10. The molecule has 0 unspecified atom stereocenters. The molecule has 1 aromatic carbocycles. The minimum absolute atomic E-state index is 0.0332. The van der Waals surface area contributed by atoms with Gasteiger partial charge in [-0.1, -0.05) is 19.1 Å². The van der Waals surface area contributed by atoms with Crippen molar-refractivity contribution in [3.8, 4) is 5.69 Å². The van der Waals surface area contributed by atoms with E-state index in [4.69, 9.17) is 0 Å². The second kappa shape index (κ2) is 5.46. The lowest BCUT2D eigenvalue weighted by molar-refractivity contribution is -0.120. The largest absolute Gasteiger partial charge is 0.324 e. The highest BCUT2D eigenvalue weighted by molar-refractivity contribution is 5.95. The van der Waals surface area contributed by atoms with Gasteiger partial charge in [-0.05, 0) is 24.6 Å². The Labute approximate surface area is 118 Å². The van der Waals surface area contributed by atoms with Crippen molar-refractivity contribution in [3.05, 3.63) is 43.0 Å². The fraction of sp³-hybridized carbons (Fsp3) is 0.333. The number of para-hydroxylation sites is 2. The van der Waals surface area contributed by atoms with E-state index in [2.05, 4.69) is 22.5 Å². The van der Waals surface area contributed by atoms with Crippen LogP contribution in [0.25, 0.3) is 5.69 Å². The number of aromatic nitrogens is 2. The van der Waals surface area contributed by atoms with E-state index >= 15 is 0 Å². The van der Waals surface area contributed by atoms with Crippen LogP contribution in [0, 0.1) is 11.8 Å². The molecule has 1 saturated heterocycles. The number of amides is 1. The van der Waals surface area contributed by atoms with Crippen molar-refractivity contribution in [2.24, 2.45) is 11.8 Å². The zero-order chi connectivity index (χ0) is 13.9. The molecular formula is C15H18N4O. The van der Waals surface area contributed by atoms with Gasteiger partial charge in [0.25, 0.3) is 0 Å². The van der Waals surface area contributed by atoms with Crippen LogP contribution in [0.3, 0.4) is 0 Å². The van der Waals surface area contributed by atoms with Crippen molar-refractivity contribution in [1.82, 2.24) is 14.9 Å². The SMILES string of the molecule is C[C@@H]1CNC[C@H]1C(=O)Nc1ccccc1-n1ccnc1. The maximum atomic E-state index is 12.4. The molecule has 0 saturated carbocycles. The number of benzene rings is 1. The van der Waals surface area contributed by atoms with Gasteiger partial charge in [-0.3, -0.25) is 4.79 Å². The molecule has 2 N–H and O–H groups in total. The second-order valence-corrected chi connectivity index (χ2v) is 5.22. The average molecular weight is 270 g/mol. The molecular weight excluding hydrogens is 252 g/mol. The Morgan fingerprint density at radius 1 is 1.40 bits per heavy atom. The smallest absolute Gasteiger partial charge is 0.229 e. The number of carbonyl (C=O) groups is 1. The first-order chi connectivity index (χ1) is 9.75. The first-order valence-corrected chi connectivity index (χ1v) is 6.84. The Bertz CT molecular complexity index is 594. The number of nitrogens with zero attached hydrogens (tertiary/aromatic N) is 2. The van der Waals surface area contributed by atoms with Crippen molar-refractivity contribution in [1.29, 1.82) is 0 Å². The van der Waals surface area contributed by atoms with E-state index in [1.54, 1.807) is 12.5 Å². The van der Waals surface area contributed by atoms with E-state index in [1.165, 1.54) is 0 Å². The van der Waals surface area contributed by atoms with Gasteiger partial charge in [0.15, 0.2) is 0 Å². The van der Waals surface area contributed by atoms with Crippen LogP contribution in [0.2, 0.25) is 0 Å². The predicted molar refractivity (Wildman–Crippen MR) is 77.7 cm³/mol. The summed E-state index contributed by atoms with van der Waals surface area (Å²) in [6.07, 6.45) is 5.32. The summed E-state index contributed by atoms with van der Waals surface area (Å²) in [5.74, 6) is 0.483. The van der Waals surface area contributed by atoms with Gasteiger partial charge >= 0.3 is 0 Å². The summed E-state index contributed by atoms with van der Waals surface area (Å²) in [7, 11) is 0. The molecule has 1 aliphatic heterocycles. The third-order valence-corrected chi connectivity index (χ3v) is 3.80. The predicted octanol–water partition coefficient (Wildman–Crippen LogP) is 1.67. The first kappa shape index (κ1) is 12.9. The Balaban J connectivity index is 1.83. The quantitative estimate of drug-likeness (QED) is 0.892. The molecule has 5 nitrogen and oxygen atoms in total. The highest BCUT2D eigenvalue weighted by atomic mass is 16.2. The minimum atomic E-state index is 0.0332. The molecule has 5 heteroatoms. The summed E-state index contributed by atoms with van der Waals surface area (Å²) >= 11 is 0. The molecule has 0 radical (unpaired) electrons. The Morgan fingerprint density at radius 3 is 2.95 bits per heavy atom. The molecule has 3 rings (SSSR count). The van der Waals surface area contributed by atoms with Crippen LogP contribution < -0.4 is 10.6 Å². The number of rotatable bonds is 3. The van der Waals surface area contributed by atoms with Gasteiger partial charge in [-0.2, -0.15) is 0 Å². The van der Waals surface area contributed by atoms with E-state index in [-0.39, 0.29) is 11.8 Å². The van der Waals surface area contributed by atoms with Crippen molar-refractivity contribution >= 4 is 11.6 Å². The lowest BCUT2D eigenvalue weighted by Crippen LogP contribution is -2.28. The van der Waals surface area contributed by atoms with Gasteiger partial charge < -0.3 is 15.2 Å². The standard InChI is InChI=1S/C15H18N4O/c1-11-8-17-9-12(11)15(20)18-13-4-2-3-5-14(13)19-7-6-16-10-19/h2-7,10-12,17H,8-9H2,1H3,(H,18,20)/t11-,12-/m1/s1. The Morgan fingerprint density at radius 2 is 2.25 bits per heavy atom. The van der Waals surface area contributed by atoms with Gasteiger partial charge in [0.05, 0.1) is 23.6 Å². The summed E-state index contributed by atoms with van der Waals surface area (Å²) < 4.78 is 1.89. The second-order valence-electron chi connectivity index (χ2n) is 5.22. The van der Waals surface area contributed by atoms with E-state index in [1.807, 2.05) is 35.0 Å². The van der Waals surface area contributed by atoms with E-state index < -0.39 is 0 Å². The van der Waals surface area contributed by atoms with Gasteiger partial charge in [0, 0.05) is 18.9 Å². The van der Waals surface area contributed by atoms with Crippen LogP contribution in [0.4, 0.5) is 5.69 Å². The van der Waals surface area contributed by atoms with Crippen LogP contribution in [0.5, 0.6) is 0 Å². The molecule has 2 atom stereocenters. The highest BCUT2D eigenvalue weighted by Gasteiger charge is 2.29. The monoisotopic (exact) mass is 270 g/mol. The molecule has 20 heavy (non-hydrogen) atoms. The Kier molecular flexibility index (Phi) is 3.52. The lowest BCUT2D eigenvalue weighted by atomic mass is 9.97. The normalized spacial score (nSPS) is 21.9. The molecule has 1 amide bonds. The molecule has 104 valence electrons. The van der Waals surface area contributed by atoms with Gasteiger partial charge in [-0.15, -0.1) is 0 Å². The highest BCUT2D eigenvalue weighted by Crippen LogP contribution is 2.23. The number of nitrogens with one attached hydrogen (secondary N) is 2. The molecule has 2 aromatic rings. The summed E-state index contributed by atoms with van der Waals surface area (Å²) in [6.45, 7) is 3.76. The number of imidazole rings is 1. The van der Waals surface area contributed by atoms with Crippen LogP contribution in [0.15, 0.2) is 43.0 Å². The fourth-order valence-electron chi connectivity index (χ4n) is 2.59. The summed E-state index contributed by atoms with van der Waals surface area (Å²) in [5.41, 5.74) is 1.74. The van der Waals surface area contributed by atoms with Gasteiger partial charge in [0.2, 0.25) is 5.91 Å². The van der Waals surface area contributed by atoms with E-state index in [0.29, 0.717) is 5.92 Å². The number of hydrogen-bond donors (Lipinski definition) is 2. The zero-order valence-corrected chi connectivity index (χ0v) is 11.4. The van der Waals surface area contributed by atoms with E-state index in [0.717, 1.165) is 24.5 Å². The molecule has 1 fully saturated rings.